The topological polar surface area (TPSA) is 73.6 Å². The van der Waals surface area contributed by atoms with Crippen molar-refractivity contribution in [1.29, 1.82) is 0 Å². The zero-order valence-electron chi connectivity index (χ0n) is 14.5. The molecule has 1 heterocycles. The van der Waals surface area contributed by atoms with E-state index in [0.717, 1.165) is 24.2 Å². The Balaban J connectivity index is 0.00000288. The van der Waals surface area contributed by atoms with E-state index in [-0.39, 0.29) is 24.2 Å². The fourth-order valence-electron chi connectivity index (χ4n) is 2.60. The third-order valence-corrected chi connectivity index (χ3v) is 4.03. The van der Waals surface area contributed by atoms with Crippen LogP contribution >= 0.6 is 12.4 Å². The molecule has 1 atom stereocenters. The molecule has 136 valence electrons. The highest BCUT2D eigenvalue weighted by Gasteiger charge is 2.26. The summed E-state index contributed by atoms with van der Waals surface area (Å²) >= 11 is 0. The van der Waals surface area contributed by atoms with E-state index in [2.05, 4.69) is 19.2 Å². The van der Waals surface area contributed by atoms with Gasteiger partial charge < -0.3 is 20.5 Å². The number of carbonyl (C=O) groups excluding carboxylic acids is 1. The van der Waals surface area contributed by atoms with Gasteiger partial charge in [0.1, 0.15) is 5.75 Å². The number of halogens is 1. The average Bonchev–Trinajstić information content (AvgIpc) is 2.58. The lowest BCUT2D eigenvalue weighted by Crippen LogP contribution is -2.46. The second-order valence-corrected chi connectivity index (χ2v) is 6.55. The lowest BCUT2D eigenvalue weighted by atomic mass is 9.92. The highest BCUT2D eigenvalue weighted by molar-refractivity contribution is 5.85. The maximum Gasteiger partial charge on any atom is 0.237 e. The molecule has 1 aliphatic heterocycles. The molecule has 1 fully saturated rings. The van der Waals surface area contributed by atoms with Crippen LogP contribution in [-0.4, -0.2) is 31.8 Å². The fraction of sp³-hybridized carbons (Fsp3) is 0.611. The van der Waals surface area contributed by atoms with E-state index >= 15 is 0 Å². The Labute approximate surface area is 150 Å². The van der Waals surface area contributed by atoms with E-state index in [1.807, 2.05) is 24.3 Å². The van der Waals surface area contributed by atoms with Crippen molar-refractivity contribution in [3.05, 3.63) is 29.8 Å². The predicted molar refractivity (Wildman–Crippen MR) is 97.4 cm³/mol. The van der Waals surface area contributed by atoms with E-state index in [1.165, 1.54) is 0 Å². The zero-order valence-corrected chi connectivity index (χ0v) is 15.3. The summed E-state index contributed by atoms with van der Waals surface area (Å²) in [5.41, 5.74) is 7.09. The quantitative estimate of drug-likeness (QED) is 0.787. The minimum Gasteiger partial charge on any atom is -0.493 e. The van der Waals surface area contributed by atoms with Crippen molar-refractivity contribution < 1.29 is 14.3 Å². The van der Waals surface area contributed by atoms with Gasteiger partial charge in [0.05, 0.1) is 12.6 Å². The summed E-state index contributed by atoms with van der Waals surface area (Å²) in [6, 6.07) is 7.35. The number of hydrogen-bond donors (Lipinski definition) is 2. The molecule has 1 unspecified atom stereocenters. The number of benzene rings is 1. The van der Waals surface area contributed by atoms with Gasteiger partial charge in [-0.15, -0.1) is 12.4 Å². The first-order valence-electron chi connectivity index (χ1n) is 8.39. The maximum absolute atomic E-state index is 12.2. The zero-order chi connectivity index (χ0) is 16.7. The van der Waals surface area contributed by atoms with E-state index in [1.54, 1.807) is 0 Å². The maximum atomic E-state index is 12.2. The largest absolute Gasteiger partial charge is 0.493 e. The smallest absolute Gasteiger partial charge is 0.237 e. The first-order chi connectivity index (χ1) is 11.1. The molecule has 6 heteroatoms. The molecule has 0 spiro atoms. The van der Waals surface area contributed by atoms with Gasteiger partial charge in [-0.3, -0.25) is 4.79 Å². The number of amides is 1. The molecule has 1 aromatic rings. The van der Waals surface area contributed by atoms with E-state index < -0.39 is 6.04 Å². The van der Waals surface area contributed by atoms with Gasteiger partial charge in [0.15, 0.2) is 0 Å². The van der Waals surface area contributed by atoms with E-state index in [4.69, 9.17) is 15.2 Å². The van der Waals surface area contributed by atoms with Crippen LogP contribution in [0.15, 0.2) is 24.3 Å². The second kappa shape index (κ2) is 10.5. The molecule has 0 saturated carbocycles. The van der Waals surface area contributed by atoms with Crippen LogP contribution in [-0.2, 0) is 16.1 Å². The Bertz CT molecular complexity index is 505. The van der Waals surface area contributed by atoms with Crippen molar-refractivity contribution in [2.24, 2.45) is 17.6 Å². The first kappa shape index (κ1) is 20.7. The number of carbonyl (C=O) groups is 1. The van der Waals surface area contributed by atoms with Gasteiger partial charge in [-0.1, -0.05) is 26.0 Å². The normalized spacial score (nSPS) is 16.3. The van der Waals surface area contributed by atoms with Crippen LogP contribution in [0.5, 0.6) is 5.75 Å². The number of hydrogen-bond acceptors (Lipinski definition) is 4. The molecule has 1 aromatic carbocycles. The van der Waals surface area contributed by atoms with Crippen LogP contribution in [0.4, 0.5) is 0 Å². The molecule has 1 aliphatic rings. The van der Waals surface area contributed by atoms with Gasteiger partial charge in [-0.2, -0.15) is 0 Å². The van der Waals surface area contributed by atoms with Crippen LogP contribution in [0.25, 0.3) is 0 Å². The van der Waals surface area contributed by atoms with Crippen molar-refractivity contribution in [3.8, 4) is 5.75 Å². The second-order valence-electron chi connectivity index (χ2n) is 6.55. The van der Waals surface area contributed by atoms with Crippen LogP contribution in [0.3, 0.4) is 0 Å². The molecule has 0 aliphatic carbocycles. The summed E-state index contributed by atoms with van der Waals surface area (Å²) in [6.45, 7) is 6.77. The lowest BCUT2D eigenvalue weighted by Gasteiger charge is -2.26. The molecule has 5 nitrogen and oxygen atoms in total. The predicted octanol–water partition coefficient (Wildman–Crippen LogP) is 2.51. The average molecular weight is 357 g/mol. The molecule has 0 radical (unpaired) electrons. The minimum absolute atomic E-state index is 0. The van der Waals surface area contributed by atoms with Gasteiger partial charge in [0, 0.05) is 19.8 Å². The first-order valence-corrected chi connectivity index (χ1v) is 8.39. The van der Waals surface area contributed by atoms with Crippen molar-refractivity contribution in [1.82, 2.24) is 5.32 Å². The minimum atomic E-state index is -0.459. The number of nitrogens with one attached hydrogen (secondary N) is 1. The van der Waals surface area contributed by atoms with Crippen LogP contribution in [0.1, 0.15) is 32.3 Å². The summed E-state index contributed by atoms with van der Waals surface area (Å²) in [4.78, 5) is 12.2. The summed E-state index contributed by atoms with van der Waals surface area (Å²) in [6.07, 6.45) is 1.71. The highest BCUT2D eigenvalue weighted by Crippen LogP contribution is 2.18. The Kier molecular flexibility index (Phi) is 9.11. The lowest BCUT2D eigenvalue weighted by molar-refractivity contribution is -0.124. The summed E-state index contributed by atoms with van der Waals surface area (Å²) in [7, 11) is 0. The van der Waals surface area contributed by atoms with Crippen molar-refractivity contribution >= 4 is 18.3 Å². The van der Waals surface area contributed by atoms with Crippen molar-refractivity contribution in [2.75, 3.05) is 19.8 Å². The summed E-state index contributed by atoms with van der Waals surface area (Å²) in [5.74, 6) is 1.44. The molecule has 24 heavy (non-hydrogen) atoms. The van der Waals surface area contributed by atoms with E-state index in [0.29, 0.717) is 32.3 Å². The van der Waals surface area contributed by atoms with Gasteiger partial charge in [-0.05, 0) is 42.4 Å². The van der Waals surface area contributed by atoms with Crippen LogP contribution in [0.2, 0.25) is 0 Å². The fourth-order valence-corrected chi connectivity index (χ4v) is 2.60. The monoisotopic (exact) mass is 356 g/mol. The Morgan fingerprint density at radius 3 is 2.75 bits per heavy atom. The number of nitrogens with two attached hydrogens (primary N) is 1. The molecule has 0 bridgehead atoms. The third kappa shape index (κ3) is 6.67. The standard InChI is InChI=1S/C18H28N2O3.ClH/c1-13(2)12-23-16-5-3-4-14(10-16)11-20-18(21)17(19)15-6-8-22-9-7-15;/h3-5,10,13,15,17H,6-9,11-12,19H2,1-2H3,(H,20,21);1H. The summed E-state index contributed by atoms with van der Waals surface area (Å²) in [5, 5.41) is 2.93. The highest BCUT2D eigenvalue weighted by atomic mass is 35.5. The van der Waals surface area contributed by atoms with Gasteiger partial charge >= 0.3 is 0 Å². The van der Waals surface area contributed by atoms with Gasteiger partial charge in [-0.25, -0.2) is 0 Å². The molecular formula is C18H29ClN2O3. The van der Waals surface area contributed by atoms with Crippen molar-refractivity contribution in [3.63, 3.8) is 0 Å². The number of ether oxygens (including phenoxy) is 2. The number of rotatable bonds is 7. The Hall–Kier alpha value is -1.30. The molecule has 2 rings (SSSR count). The molecular weight excluding hydrogens is 328 g/mol. The molecule has 1 amide bonds. The van der Waals surface area contributed by atoms with Crippen LogP contribution < -0.4 is 15.8 Å². The molecule has 3 N–H and O–H groups in total. The Morgan fingerprint density at radius 1 is 1.38 bits per heavy atom. The van der Waals surface area contributed by atoms with Gasteiger partial charge in [0.2, 0.25) is 5.91 Å². The van der Waals surface area contributed by atoms with Crippen LogP contribution in [0, 0.1) is 11.8 Å². The van der Waals surface area contributed by atoms with Crippen molar-refractivity contribution in [2.45, 2.75) is 39.3 Å². The molecule has 1 saturated heterocycles. The summed E-state index contributed by atoms with van der Waals surface area (Å²) < 4.78 is 11.0. The molecule has 0 aromatic heterocycles. The van der Waals surface area contributed by atoms with Gasteiger partial charge in [0.25, 0.3) is 0 Å². The Morgan fingerprint density at radius 2 is 2.08 bits per heavy atom. The van der Waals surface area contributed by atoms with E-state index in [9.17, 15) is 4.79 Å². The SMILES string of the molecule is CC(C)COc1cccc(CNC(=O)C(N)C2CCOCC2)c1.Cl. The third-order valence-electron chi connectivity index (χ3n) is 4.03.